The van der Waals surface area contributed by atoms with E-state index in [4.69, 9.17) is 0 Å². The Morgan fingerprint density at radius 2 is 1.76 bits per heavy atom. The lowest BCUT2D eigenvalue weighted by atomic mass is 10.1. The summed E-state index contributed by atoms with van der Waals surface area (Å²) in [6, 6.07) is 3.06. The van der Waals surface area contributed by atoms with Crippen LogP contribution in [0.1, 0.15) is 0 Å². The standard InChI is InChI=1S/C13H10N6O6/c1-16-11-9(12(20)17(2)13(16)21)14-10(15-11)7-4-3-6(18(22)23)5-8(7)19(24)25/h3-5H,1-2H3,(H,14,15). The second kappa shape index (κ2) is 5.36. The van der Waals surface area contributed by atoms with Gasteiger partial charge in [0.15, 0.2) is 5.65 Å². The predicted octanol–water partition coefficient (Wildman–Crippen LogP) is 0.444. The van der Waals surface area contributed by atoms with E-state index in [1.165, 1.54) is 14.1 Å². The summed E-state index contributed by atoms with van der Waals surface area (Å²) in [5.74, 6) is -0.0464. The topological polar surface area (TPSA) is 159 Å². The lowest BCUT2D eigenvalue weighted by Crippen LogP contribution is -2.36. The van der Waals surface area contributed by atoms with Gasteiger partial charge in [0.25, 0.3) is 16.9 Å². The van der Waals surface area contributed by atoms with Crippen molar-refractivity contribution < 1.29 is 9.85 Å². The van der Waals surface area contributed by atoms with E-state index in [1.807, 2.05) is 0 Å². The number of H-pyrrole nitrogens is 1. The molecule has 0 bridgehead atoms. The highest BCUT2D eigenvalue weighted by Gasteiger charge is 2.24. The molecule has 0 fully saturated rings. The molecule has 3 rings (SSSR count). The van der Waals surface area contributed by atoms with Gasteiger partial charge in [-0.15, -0.1) is 0 Å². The first kappa shape index (κ1) is 16.0. The monoisotopic (exact) mass is 346 g/mol. The van der Waals surface area contributed by atoms with Crippen LogP contribution in [0.15, 0.2) is 27.8 Å². The van der Waals surface area contributed by atoms with Crippen LogP contribution >= 0.6 is 0 Å². The SMILES string of the molecule is Cn1c(=O)c2[nH]c(-c3ccc([N+](=O)[O-])cc3[N+](=O)[O-])nc2n(C)c1=O. The normalized spacial score (nSPS) is 11.0. The van der Waals surface area contributed by atoms with E-state index in [2.05, 4.69) is 9.97 Å². The van der Waals surface area contributed by atoms with Gasteiger partial charge in [-0.3, -0.25) is 34.2 Å². The Labute approximate surface area is 137 Å². The first-order valence-electron chi connectivity index (χ1n) is 6.81. The summed E-state index contributed by atoms with van der Waals surface area (Å²) in [6.07, 6.45) is 0. The minimum atomic E-state index is -0.785. The van der Waals surface area contributed by atoms with Crippen LogP contribution in [-0.4, -0.2) is 28.9 Å². The van der Waals surface area contributed by atoms with Gasteiger partial charge in [0.05, 0.1) is 21.5 Å². The van der Waals surface area contributed by atoms with Crippen molar-refractivity contribution in [1.82, 2.24) is 19.1 Å². The highest BCUT2D eigenvalue weighted by Crippen LogP contribution is 2.31. The second-order valence-electron chi connectivity index (χ2n) is 5.21. The summed E-state index contributed by atoms with van der Waals surface area (Å²) >= 11 is 0. The van der Waals surface area contributed by atoms with E-state index in [-0.39, 0.29) is 22.6 Å². The van der Waals surface area contributed by atoms with Crippen molar-refractivity contribution in [1.29, 1.82) is 0 Å². The highest BCUT2D eigenvalue weighted by atomic mass is 16.6. The van der Waals surface area contributed by atoms with Crippen molar-refractivity contribution in [2.45, 2.75) is 0 Å². The first-order chi connectivity index (χ1) is 11.7. The van der Waals surface area contributed by atoms with Crippen LogP contribution in [0.3, 0.4) is 0 Å². The fraction of sp³-hybridized carbons (Fsp3) is 0.154. The third kappa shape index (κ3) is 2.36. The Bertz CT molecular complexity index is 1170. The summed E-state index contributed by atoms with van der Waals surface area (Å²) in [6.45, 7) is 0. The molecule has 2 aromatic heterocycles. The van der Waals surface area contributed by atoms with E-state index in [0.29, 0.717) is 0 Å². The van der Waals surface area contributed by atoms with Gasteiger partial charge in [-0.1, -0.05) is 0 Å². The molecule has 1 aromatic carbocycles. The highest BCUT2D eigenvalue weighted by molar-refractivity contribution is 5.79. The molecule has 12 nitrogen and oxygen atoms in total. The minimum Gasteiger partial charge on any atom is -0.332 e. The fourth-order valence-corrected chi connectivity index (χ4v) is 2.44. The smallest absolute Gasteiger partial charge is 0.332 e. The fourth-order valence-electron chi connectivity index (χ4n) is 2.44. The average Bonchev–Trinajstić information content (AvgIpc) is 3.02. The van der Waals surface area contributed by atoms with Gasteiger partial charge in [-0.25, -0.2) is 9.78 Å². The molecular formula is C13H10N6O6. The van der Waals surface area contributed by atoms with Gasteiger partial charge in [0.1, 0.15) is 11.3 Å². The molecule has 0 aliphatic rings. The molecule has 128 valence electrons. The molecule has 0 saturated carbocycles. The van der Waals surface area contributed by atoms with Gasteiger partial charge >= 0.3 is 5.69 Å². The molecule has 0 unspecified atom stereocenters. The molecule has 0 radical (unpaired) electrons. The number of hydrogen-bond donors (Lipinski definition) is 1. The Kier molecular flexibility index (Phi) is 3.44. The van der Waals surface area contributed by atoms with Crippen molar-refractivity contribution in [3.63, 3.8) is 0 Å². The number of hydrogen-bond acceptors (Lipinski definition) is 7. The predicted molar refractivity (Wildman–Crippen MR) is 85.3 cm³/mol. The van der Waals surface area contributed by atoms with Gasteiger partial charge < -0.3 is 4.98 Å². The number of aryl methyl sites for hydroxylation is 1. The summed E-state index contributed by atoms with van der Waals surface area (Å²) in [7, 11) is 2.69. The zero-order chi connectivity index (χ0) is 18.5. The maximum atomic E-state index is 12.2. The van der Waals surface area contributed by atoms with Crippen molar-refractivity contribution in [2.75, 3.05) is 0 Å². The van der Waals surface area contributed by atoms with Crippen LogP contribution < -0.4 is 11.2 Å². The van der Waals surface area contributed by atoms with Crippen molar-refractivity contribution >= 4 is 22.5 Å². The maximum Gasteiger partial charge on any atom is 0.332 e. The largest absolute Gasteiger partial charge is 0.332 e. The number of imidazole rings is 1. The van der Waals surface area contributed by atoms with Crippen LogP contribution in [0.2, 0.25) is 0 Å². The lowest BCUT2D eigenvalue weighted by molar-refractivity contribution is -0.393. The summed E-state index contributed by atoms with van der Waals surface area (Å²) in [5, 5.41) is 22.1. The Hall–Kier alpha value is -3.83. The molecule has 3 aromatic rings. The Morgan fingerprint density at radius 3 is 2.36 bits per heavy atom. The Morgan fingerprint density at radius 1 is 1.08 bits per heavy atom. The molecule has 12 heteroatoms. The van der Waals surface area contributed by atoms with E-state index >= 15 is 0 Å². The van der Waals surface area contributed by atoms with Crippen molar-refractivity contribution in [3.05, 3.63) is 59.3 Å². The molecule has 0 aliphatic carbocycles. The summed E-state index contributed by atoms with van der Waals surface area (Å²) in [5.41, 5.74) is -2.26. The quantitative estimate of drug-likeness (QED) is 0.532. The molecule has 25 heavy (non-hydrogen) atoms. The molecule has 1 N–H and O–H groups in total. The van der Waals surface area contributed by atoms with Gasteiger partial charge in [-0.05, 0) is 6.07 Å². The number of nitro benzene ring substituents is 2. The molecule has 0 aliphatic heterocycles. The van der Waals surface area contributed by atoms with Gasteiger partial charge in [0.2, 0.25) is 0 Å². The number of rotatable bonds is 3. The zero-order valence-electron chi connectivity index (χ0n) is 12.9. The molecule has 0 atom stereocenters. The minimum absolute atomic E-state index is 0.00718. The number of aromatic nitrogens is 4. The molecule has 0 amide bonds. The second-order valence-corrected chi connectivity index (χ2v) is 5.21. The molecule has 0 saturated heterocycles. The average molecular weight is 346 g/mol. The Balaban J connectivity index is 2.34. The number of nitro groups is 2. The molecule has 0 spiro atoms. The third-order valence-corrected chi connectivity index (χ3v) is 3.74. The zero-order valence-corrected chi connectivity index (χ0v) is 12.9. The lowest BCUT2D eigenvalue weighted by Gasteiger charge is -2.00. The van der Waals surface area contributed by atoms with Gasteiger partial charge in [0, 0.05) is 20.2 Å². The number of non-ortho nitro benzene ring substituents is 1. The summed E-state index contributed by atoms with van der Waals surface area (Å²) in [4.78, 5) is 51.3. The number of nitrogens with one attached hydrogen (secondary N) is 1. The first-order valence-corrected chi connectivity index (χ1v) is 6.81. The van der Waals surface area contributed by atoms with E-state index in [1.54, 1.807) is 0 Å². The number of benzene rings is 1. The van der Waals surface area contributed by atoms with Gasteiger partial charge in [-0.2, -0.15) is 0 Å². The number of fused-ring (bicyclic) bond motifs is 1. The van der Waals surface area contributed by atoms with Crippen LogP contribution in [0, 0.1) is 20.2 Å². The van der Waals surface area contributed by atoms with Crippen LogP contribution in [0.5, 0.6) is 0 Å². The molecule has 2 heterocycles. The van der Waals surface area contributed by atoms with E-state index < -0.39 is 32.5 Å². The third-order valence-electron chi connectivity index (χ3n) is 3.74. The van der Waals surface area contributed by atoms with E-state index in [9.17, 15) is 29.8 Å². The van der Waals surface area contributed by atoms with Crippen molar-refractivity contribution in [3.8, 4) is 11.4 Å². The number of aromatic amines is 1. The maximum absolute atomic E-state index is 12.2. The van der Waals surface area contributed by atoms with Crippen molar-refractivity contribution in [2.24, 2.45) is 14.1 Å². The van der Waals surface area contributed by atoms with E-state index in [0.717, 1.165) is 27.3 Å². The van der Waals surface area contributed by atoms with Crippen LogP contribution in [0.25, 0.3) is 22.6 Å². The molecular weight excluding hydrogens is 336 g/mol. The number of nitrogens with zero attached hydrogens (tertiary/aromatic N) is 5. The summed E-state index contributed by atoms with van der Waals surface area (Å²) < 4.78 is 1.99. The van der Waals surface area contributed by atoms with Crippen LogP contribution in [0.4, 0.5) is 11.4 Å². The van der Waals surface area contributed by atoms with Crippen LogP contribution in [-0.2, 0) is 14.1 Å².